The minimum Gasteiger partial charge on any atom is -0.496 e. The first-order valence-corrected chi connectivity index (χ1v) is 8.10. The summed E-state index contributed by atoms with van der Waals surface area (Å²) >= 11 is 7.49. The molecular weight excluding hydrogens is 324 g/mol. The van der Waals surface area contributed by atoms with E-state index in [1.807, 2.05) is 19.1 Å². The molecule has 22 heavy (non-hydrogen) atoms. The van der Waals surface area contributed by atoms with E-state index in [1.54, 1.807) is 26.2 Å². The predicted octanol–water partition coefficient (Wildman–Crippen LogP) is 3.91. The van der Waals surface area contributed by atoms with Crippen molar-refractivity contribution in [1.82, 2.24) is 5.16 Å². The molecule has 1 atom stereocenters. The molecule has 7 heteroatoms. The zero-order valence-corrected chi connectivity index (χ0v) is 14.1. The van der Waals surface area contributed by atoms with E-state index in [1.165, 1.54) is 11.8 Å². The van der Waals surface area contributed by atoms with E-state index in [-0.39, 0.29) is 11.2 Å². The Morgan fingerprint density at radius 3 is 2.91 bits per heavy atom. The summed E-state index contributed by atoms with van der Waals surface area (Å²) in [5, 5.41) is 6.85. The highest BCUT2D eigenvalue weighted by Gasteiger charge is 2.16. The van der Waals surface area contributed by atoms with Crippen LogP contribution < -0.4 is 10.1 Å². The van der Waals surface area contributed by atoms with Gasteiger partial charge >= 0.3 is 0 Å². The van der Waals surface area contributed by atoms with Gasteiger partial charge in [0.05, 0.1) is 12.4 Å². The SMILES string of the molecule is COc1ccc(Cl)cc1CS[C@H](C)C(=O)Nc1cc(C)on1. The topological polar surface area (TPSA) is 64.4 Å². The number of ether oxygens (including phenoxy) is 1. The van der Waals surface area contributed by atoms with E-state index in [0.717, 1.165) is 11.3 Å². The van der Waals surface area contributed by atoms with Gasteiger partial charge in [0.15, 0.2) is 5.82 Å². The van der Waals surface area contributed by atoms with Gasteiger partial charge in [0.2, 0.25) is 5.91 Å². The third-order valence-electron chi connectivity index (χ3n) is 2.98. The Balaban J connectivity index is 1.93. The van der Waals surface area contributed by atoms with Gasteiger partial charge in [0.25, 0.3) is 0 Å². The molecule has 0 bridgehead atoms. The maximum Gasteiger partial charge on any atom is 0.238 e. The third kappa shape index (κ3) is 4.42. The largest absolute Gasteiger partial charge is 0.496 e. The molecule has 1 aromatic heterocycles. The van der Waals surface area contributed by atoms with Crippen LogP contribution in [0.1, 0.15) is 18.2 Å². The van der Waals surface area contributed by atoms with Gasteiger partial charge in [0.1, 0.15) is 11.5 Å². The second-order valence-corrected chi connectivity index (χ2v) is 6.49. The first-order valence-electron chi connectivity index (χ1n) is 6.68. The number of amides is 1. The zero-order chi connectivity index (χ0) is 16.1. The van der Waals surface area contributed by atoms with Gasteiger partial charge in [0, 0.05) is 22.4 Å². The van der Waals surface area contributed by atoms with Gasteiger partial charge in [-0.25, -0.2) is 0 Å². The van der Waals surface area contributed by atoms with Crippen molar-refractivity contribution in [2.24, 2.45) is 0 Å². The molecule has 1 heterocycles. The van der Waals surface area contributed by atoms with Crippen LogP contribution in [0.3, 0.4) is 0 Å². The van der Waals surface area contributed by atoms with Crippen LogP contribution in [0, 0.1) is 6.92 Å². The zero-order valence-electron chi connectivity index (χ0n) is 12.6. The van der Waals surface area contributed by atoms with Crippen molar-refractivity contribution in [2.45, 2.75) is 24.9 Å². The molecule has 0 saturated heterocycles. The molecule has 0 aliphatic carbocycles. The fraction of sp³-hybridized carbons (Fsp3) is 0.333. The van der Waals surface area contributed by atoms with Crippen LogP contribution in [0.25, 0.3) is 0 Å². The monoisotopic (exact) mass is 340 g/mol. The summed E-state index contributed by atoms with van der Waals surface area (Å²) in [5.74, 6) is 2.33. The number of methoxy groups -OCH3 is 1. The van der Waals surface area contributed by atoms with E-state index < -0.39 is 0 Å². The maximum absolute atomic E-state index is 12.1. The summed E-state index contributed by atoms with van der Waals surface area (Å²) in [5.41, 5.74) is 0.955. The molecule has 2 aromatic rings. The van der Waals surface area contributed by atoms with Crippen molar-refractivity contribution >= 4 is 35.1 Å². The third-order valence-corrected chi connectivity index (χ3v) is 4.41. The molecule has 2 rings (SSSR count). The molecule has 1 amide bonds. The highest BCUT2D eigenvalue weighted by molar-refractivity contribution is 7.99. The Kier molecular flexibility index (Phi) is 5.74. The van der Waals surface area contributed by atoms with Crippen molar-refractivity contribution in [3.63, 3.8) is 0 Å². The molecule has 5 nitrogen and oxygen atoms in total. The lowest BCUT2D eigenvalue weighted by atomic mass is 10.2. The number of rotatable bonds is 6. The second kappa shape index (κ2) is 7.56. The molecule has 0 saturated carbocycles. The number of hydrogen-bond donors (Lipinski definition) is 1. The van der Waals surface area contributed by atoms with E-state index in [0.29, 0.717) is 22.4 Å². The molecule has 118 valence electrons. The van der Waals surface area contributed by atoms with Crippen LogP contribution in [0.5, 0.6) is 5.75 Å². The first-order chi connectivity index (χ1) is 10.5. The molecule has 1 N–H and O–H groups in total. The number of carbonyl (C=O) groups is 1. The average molecular weight is 341 g/mol. The summed E-state index contributed by atoms with van der Waals surface area (Å²) in [4.78, 5) is 12.1. The summed E-state index contributed by atoms with van der Waals surface area (Å²) in [7, 11) is 1.61. The number of nitrogens with zero attached hydrogens (tertiary/aromatic N) is 1. The quantitative estimate of drug-likeness (QED) is 0.863. The summed E-state index contributed by atoms with van der Waals surface area (Å²) < 4.78 is 10.2. The maximum atomic E-state index is 12.1. The highest BCUT2D eigenvalue weighted by atomic mass is 35.5. The minimum absolute atomic E-state index is 0.126. The molecule has 0 aliphatic heterocycles. The Labute approximate surface area is 138 Å². The average Bonchev–Trinajstić information content (AvgIpc) is 2.90. The van der Waals surface area contributed by atoms with Crippen LogP contribution in [-0.4, -0.2) is 23.4 Å². The lowest BCUT2D eigenvalue weighted by Crippen LogP contribution is -2.22. The Hall–Kier alpha value is -1.66. The lowest BCUT2D eigenvalue weighted by Gasteiger charge is -2.12. The summed E-state index contributed by atoms with van der Waals surface area (Å²) in [6.45, 7) is 3.61. The number of nitrogens with one attached hydrogen (secondary N) is 1. The van der Waals surface area contributed by atoms with Gasteiger partial charge in [-0.15, -0.1) is 11.8 Å². The lowest BCUT2D eigenvalue weighted by molar-refractivity contribution is -0.115. The molecular formula is C15H17ClN2O3S. The number of carbonyl (C=O) groups excluding carboxylic acids is 1. The minimum atomic E-state index is -0.249. The standard InChI is InChI=1S/C15H17ClN2O3S/c1-9-6-14(18-21-9)17-15(19)10(2)22-8-11-7-12(16)4-5-13(11)20-3/h4-7,10H,8H2,1-3H3,(H,17,18,19)/t10-/m1/s1. The Morgan fingerprint density at radius 1 is 1.50 bits per heavy atom. The van der Waals surface area contributed by atoms with Crippen molar-refractivity contribution in [3.8, 4) is 5.75 Å². The Morgan fingerprint density at radius 2 is 2.27 bits per heavy atom. The molecule has 0 fully saturated rings. The van der Waals surface area contributed by atoms with E-state index in [2.05, 4.69) is 10.5 Å². The fourth-order valence-electron chi connectivity index (χ4n) is 1.80. The molecule has 0 spiro atoms. The number of anilines is 1. The fourth-order valence-corrected chi connectivity index (χ4v) is 2.86. The van der Waals surface area contributed by atoms with E-state index in [4.69, 9.17) is 20.9 Å². The number of aromatic nitrogens is 1. The predicted molar refractivity (Wildman–Crippen MR) is 88.6 cm³/mol. The van der Waals surface area contributed by atoms with Gasteiger partial charge < -0.3 is 14.6 Å². The number of hydrogen-bond acceptors (Lipinski definition) is 5. The second-order valence-electron chi connectivity index (χ2n) is 4.72. The van der Waals surface area contributed by atoms with E-state index >= 15 is 0 Å². The molecule has 0 radical (unpaired) electrons. The van der Waals surface area contributed by atoms with Gasteiger partial charge in [-0.3, -0.25) is 4.79 Å². The smallest absolute Gasteiger partial charge is 0.238 e. The van der Waals surface area contributed by atoms with Crippen LogP contribution in [-0.2, 0) is 10.5 Å². The summed E-state index contributed by atoms with van der Waals surface area (Å²) in [6, 6.07) is 7.12. The van der Waals surface area contributed by atoms with Gasteiger partial charge in [-0.2, -0.15) is 0 Å². The van der Waals surface area contributed by atoms with Crippen molar-refractivity contribution in [2.75, 3.05) is 12.4 Å². The number of aryl methyl sites for hydroxylation is 1. The van der Waals surface area contributed by atoms with Crippen molar-refractivity contribution in [1.29, 1.82) is 0 Å². The molecule has 0 aliphatic rings. The van der Waals surface area contributed by atoms with Crippen LogP contribution >= 0.6 is 23.4 Å². The normalized spacial score (nSPS) is 12.0. The highest BCUT2D eigenvalue weighted by Crippen LogP contribution is 2.28. The Bertz CT molecular complexity index is 660. The van der Waals surface area contributed by atoms with Crippen LogP contribution in [0.15, 0.2) is 28.8 Å². The van der Waals surface area contributed by atoms with E-state index in [9.17, 15) is 4.79 Å². The number of benzene rings is 1. The summed E-state index contributed by atoms with van der Waals surface area (Å²) in [6.07, 6.45) is 0. The molecule has 0 unspecified atom stereocenters. The van der Waals surface area contributed by atoms with Crippen LogP contribution in [0.2, 0.25) is 5.02 Å². The van der Waals surface area contributed by atoms with Crippen molar-refractivity contribution in [3.05, 3.63) is 40.6 Å². The molecule has 1 aromatic carbocycles. The number of thioether (sulfide) groups is 1. The van der Waals surface area contributed by atoms with Crippen molar-refractivity contribution < 1.29 is 14.1 Å². The van der Waals surface area contributed by atoms with Crippen LogP contribution in [0.4, 0.5) is 5.82 Å². The van der Waals surface area contributed by atoms with Gasteiger partial charge in [-0.1, -0.05) is 16.8 Å². The first kappa shape index (κ1) is 16.7. The number of halogens is 1. The van der Waals surface area contributed by atoms with Gasteiger partial charge in [-0.05, 0) is 32.0 Å².